The summed E-state index contributed by atoms with van der Waals surface area (Å²) in [7, 11) is 0. The van der Waals surface area contributed by atoms with Crippen molar-refractivity contribution in [2.24, 2.45) is 5.73 Å². The zero-order valence-corrected chi connectivity index (χ0v) is 13.0. The van der Waals surface area contributed by atoms with E-state index in [-0.39, 0.29) is 29.8 Å². The molecule has 0 bridgehead atoms. The molecule has 2 aromatic carbocycles. The predicted octanol–water partition coefficient (Wildman–Crippen LogP) is 3.08. The van der Waals surface area contributed by atoms with Crippen LogP contribution in [0.3, 0.4) is 0 Å². The Labute approximate surface area is 136 Å². The SMILES string of the molecule is Cl.NCC[C@H](CC(O)c1ccc(O)cc1)c1ccc(O)cc1. The maximum Gasteiger partial charge on any atom is 0.115 e. The van der Waals surface area contributed by atoms with Gasteiger partial charge in [0.2, 0.25) is 0 Å². The van der Waals surface area contributed by atoms with Gasteiger partial charge in [0.15, 0.2) is 0 Å². The number of aliphatic hydroxyl groups is 1. The van der Waals surface area contributed by atoms with Gasteiger partial charge in [-0.2, -0.15) is 0 Å². The molecular weight excluding hydrogens is 302 g/mol. The van der Waals surface area contributed by atoms with E-state index in [1.807, 2.05) is 12.1 Å². The zero-order chi connectivity index (χ0) is 15.2. The molecule has 120 valence electrons. The number of phenols is 2. The largest absolute Gasteiger partial charge is 0.508 e. The van der Waals surface area contributed by atoms with Gasteiger partial charge in [0, 0.05) is 0 Å². The molecule has 2 aromatic rings. The minimum Gasteiger partial charge on any atom is -0.508 e. The molecule has 0 aliphatic rings. The highest BCUT2D eigenvalue weighted by molar-refractivity contribution is 5.85. The molecule has 2 rings (SSSR count). The molecule has 4 nitrogen and oxygen atoms in total. The summed E-state index contributed by atoms with van der Waals surface area (Å²) < 4.78 is 0. The van der Waals surface area contributed by atoms with E-state index in [4.69, 9.17) is 5.73 Å². The number of phenolic OH excluding ortho intramolecular Hbond substituents is 2. The van der Waals surface area contributed by atoms with Crippen LogP contribution in [0.15, 0.2) is 48.5 Å². The van der Waals surface area contributed by atoms with Gasteiger partial charge in [-0.15, -0.1) is 12.4 Å². The van der Waals surface area contributed by atoms with Gasteiger partial charge in [0.25, 0.3) is 0 Å². The Morgan fingerprint density at radius 3 is 1.73 bits per heavy atom. The second kappa shape index (κ2) is 8.63. The van der Waals surface area contributed by atoms with E-state index in [1.165, 1.54) is 0 Å². The number of benzene rings is 2. The van der Waals surface area contributed by atoms with Crippen molar-refractivity contribution in [3.63, 3.8) is 0 Å². The number of aliphatic hydroxyl groups excluding tert-OH is 1. The number of rotatable bonds is 6. The smallest absolute Gasteiger partial charge is 0.115 e. The third-order valence-corrected chi connectivity index (χ3v) is 3.67. The molecule has 0 amide bonds. The van der Waals surface area contributed by atoms with Crippen molar-refractivity contribution >= 4 is 12.4 Å². The summed E-state index contributed by atoms with van der Waals surface area (Å²) in [5, 5.41) is 29.0. The van der Waals surface area contributed by atoms with Gasteiger partial charge >= 0.3 is 0 Å². The van der Waals surface area contributed by atoms with Gasteiger partial charge in [0.1, 0.15) is 11.5 Å². The molecular formula is C17H22ClNO3. The summed E-state index contributed by atoms with van der Waals surface area (Å²) in [6, 6.07) is 13.6. The van der Waals surface area contributed by atoms with E-state index in [2.05, 4.69) is 0 Å². The lowest BCUT2D eigenvalue weighted by Crippen LogP contribution is -2.11. The summed E-state index contributed by atoms with van der Waals surface area (Å²) in [4.78, 5) is 0. The minimum absolute atomic E-state index is 0. The van der Waals surface area contributed by atoms with Crippen molar-refractivity contribution in [2.45, 2.75) is 24.9 Å². The van der Waals surface area contributed by atoms with Crippen molar-refractivity contribution in [2.75, 3.05) is 6.54 Å². The summed E-state index contributed by atoms with van der Waals surface area (Å²) in [5.74, 6) is 0.534. The normalized spacial score (nSPS) is 13.2. The van der Waals surface area contributed by atoms with Crippen LogP contribution in [0.2, 0.25) is 0 Å². The fourth-order valence-corrected chi connectivity index (χ4v) is 2.47. The highest BCUT2D eigenvalue weighted by Gasteiger charge is 2.17. The molecule has 0 aliphatic carbocycles. The quantitative estimate of drug-likeness (QED) is 0.658. The van der Waals surface area contributed by atoms with E-state index in [1.54, 1.807) is 36.4 Å². The highest BCUT2D eigenvalue weighted by atomic mass is 35.5. The van der Waals surface area contributed by atoms with Gasteiger partial charge < -0.3 is 21.1 Å². The Kier molecular flexibility index (Phi) is 7.18. The average molecular weight is 324 g/mol. The summed E-state index contributed by atoms with van der Waals surface area (Å²) in [6.45, 7) is 0.536. The molecule has 0 heterocycles. The first-order valence-electron chi connectivity index (χ1n) is 7.06. The van der Waals surface area contributed by atoms with Crippen molar-refractivity contribution in [3.05, 3.63) is 59.7 Å². The Hall–Kier alpha value is -1.75. The van der Waals surface area contributed by atoms with Crippen LogP contribution in [0.5, 0.6) is 11.5 Å². The first kappa shape index (κ1) is 18.3. The molecule has 0 radical (unpaired) electrons. The molecule has 1 unspecified atom stereocenters. The van der Waals surface area contributed by atoms with E-state index in [0.717, 1.165) is 17.5 Å². The molecule has 5 N–H and O–H groups in total. The van der Waals surface area contributed by atoms with Crippen molar-refractivity contribution < 1.29 is 15.3 Å². The van der Waals surface area contributed by atoms with E-state index in [0.29, 0.717) is 13.0 Å². The average Bonchev–Trinajstić information content (AvgIpc) is 2.48. The predicted molar refractivity (Wildman–Crippen MR) is 89.5 cm³/mol. The fourth-order valence-electron chi connectivity index (χ4n) is 2.47. The van der Waals surface area contributed by atoms with Crippen molar-refractivity contribution in [3.8, 4) is 11.5 Å². The first-order chi connectivity index (χ1) is 10.1. The summed E-state index contributed by atoms with van der Waals surface area (Å²) >= 11 is 0. The van der Waals surface area contributed by atoms with Crippen LogP contribution in [0, 0.1) is 0 Å². The lowest BCUT2D eigenvalue weighted by Gasteiger charge is -2.20. The van der Waals surface area contributed by atoms with Crippen LogP contribution in [0.25, 0.3) is 0 Å². The van der Waals surface area contributed by atoms with Crippen LogP contribution in [-0.2, 0) is 0 Å². The third kappa shape index (κ3) is 4.91. The Bertz CT molecular complexity index is 557. The van der Waals surface area contributed by atoms with Crippen LogP contribution in [-0.4, -0.2) is 21.9 Å². The van der Waals surface area contributed by atoms with Crippen LogP contribution in [0.4, 0.5) is 0 Å². The number of hydrogen-bond donors (Lipinski definition) is 4. The number of nitrogens with two attached hydrogens (primary N) is 1. The van der Waals surface area contributed by atoms with Gasteiger partial charge in [-0.1, -0.05) is 24.3 Å². The standard InChI is InChI=1S/C17H21NO3.ClH/c18-10-9-14(12-1-5-15(19)6-2-12)11-17(21)13-3-7-16(20)8-4-13;/h1-8,14,17,19-21H,9-11,18H2;1H/t14-,17?;/m1./s1. The van der Waals surface area contributed by atoms with Crippen molar-refractivity contribution in [1.29, 1.82) is 0 Å². The fraction of sp³-hybridized carbons (Fsp3) is 0.294. The van der Waals surface area contributed by atoms with Gasteiger partial charge in [-0.05, 0) is 60.7 Å². The zero-order valence-electron chi connectivity index (χ0n) is 12.2. The first-order valence-corrected chi connectivity index (χ1v) is 7.06. The van der Waals surface area contributed by atoms with Gasteiger partial charge in [-0.3, -0.25) is 0 Å². The second-order valence-corrected chi connectivity index (χ2v) is 5.21. The van der Waals surface area contributed by atoms with Crippen LogP contribution >= 0.6 is 12.4 Å². The molecule has 0 aromatic heterocycles. The topological polar surface area (TPSA) is 86.7 Å². The molecule has 0 aliphatic heterocycles. The van der Waals surface area contributed by atoms with Crippen molar-refractivity contribution in [1.82, 2.24) is 0 Å². The second-order valence-electron chi connectivity index (χ2n) is 5.21. The van der Waals surface area contributed by atoms with Gasteiger partial charge in [0.05, 0.1) is 6.10 Å². The Morgan fingerprint density at radius 1 is 0.818 bits per heavy atom. The number of halogens is 1. The van der Waals surface area contributed by atoms with Crippen LogP contribution < -0.4 is 5.73 Å². The van der Waals surface area contributed by atoms with Gasteiger partial charge in [-0.25, -0.2) is 0 Å². The summed E-state index contributed by atoms with van der Waals surface area (Å²) in [5.41, 5.74) is 7.49. The number of aromatic hydroxyl groups is 2. The van der Waals surface area contributed by atoms with E-state index in [9.17, 15) is 15.3 Å². The highest BCUT2D eigenvalue weighted by Crippen LogP contribution is 2.31. The van der Waals surface area contributed by atoms with E-state index >= 15 is 0 Å². The maximum atomic E-state index is 10.4. The number of hydrogen-bond acceptors (Lipinski definition) is 4. The Balaban J connectivity index is 0.00000242. The molecule has 22 heavy (non-hydrogen) atoms. The molecule has 5 heteroatoms. The molecule has 2 atom stereocenters. The molecule has 0 fully saturated rings. The van der Waals surface area contributed by atoms with Crippen LogP contribution in [0.1, 0.15) is 36.0 Å². The van der Waals surface area contributed by atoms with E-state index < -0.39 is 6.10 Å². The lowest BCUT2D eigenvalue weighted by atomic mass is 9.88. The lowest BCUT2D eigenvalue weighted by molar-refractivity contribution is 0.156. The monoisotopic (exact) mass is 323 g/mol. The third-order valence-electron chi connectivity index (χ3n) is 3.67. The summed E-state index contributed by atoms with van der Waals surface area (Å²) in [6.07, 6.45) is 0.697. The molecule has 0 spiro atoms. The minimum atomic E-state index is -0.615. The molecule has 0 saturated heterocycles. The molecule has 0 saturated carbocycles. The maximum absolute atomic E-state index is 10.4. The Morgan fingerprint density at radius 2 is 1.27 bits per heavy atom.